The van der Waals surface area contributed by atoms with Crippen LogP contribution in [0.3, 0.4) is 0 Å². The van der Waals surface area contributed by atoms with Crippen molar-refractivity contribution < 1.29 is 23.1 Å². The molecular weight excluding hydrogens is 373 g/mol. The largest absolute Gasteiger partial charge is 0.493 e. The van der Waals surface area contributed by atoms with E-state index in [2.05, 4.69) is 5.32 Å². The third-order valence-corrected chi connectivity index (χ3v) is 4.58. The number of carbonyl (C=O) groups excluding carboxylic acids is 1. The number of amides is 1. The average molecular weight is 397 g/mol. The van der Waals surface area contributed by atoms with Crippen molar-refractivity contribution in [2.75, 3.05) is 20.8 Å². The maximum Gasteiger partial charge on any atom is 0.220 e. The molecule has 0 spiro atoms. The Bertz CT molecular complexity index is 967. The summed E-state index contributed by atoms with van der Waals surface area (Å²) in [5, 5.41) is 2.90. The number of hydrogen-bond donors (Lipinski definition) is 1. The summed E-state index contributed by atoms with van der Waals surface area (Å²) in [5.74, 6) is 2.06. The summed E-state index contributed by atoms with van der Waals surface area (Å²) in [6, 6.07) is 15.6. The van der Waals surface area contributed by atoms with E-state index in [0.717, 1.165) is 5.56 Å². The highest BCUT2D eigenvalue weighted by Crippen LogP contribution is 2.27. The lowest BCUT2D eigenvalue weighted by Gasteiger charge is -2.10. The van der Waals surface area contributed by atoms with Crippen LogP contribution < -0.4 is 14.8 Å². The fraction of sp³-hybridized carbons (Fsp3) is 0.261. The fourth-order valence-electron chi connectivity index (χ4n) is 3.03. The predicted octanol–water partition coefficient (Wildman–Crippen LogP) is 4.39. The zero-order valence-corrected chi connectivity index (χ0v) is 16.5. The zero-order chi connectivity index (χ0) is 20.6. The van der Waals surface area contributed by atoms with Gasteiger partial charge in [-0.2, -0.15) is 0 Å². The first-order valence-electron chi connectivity index (χ1n) is 9.42. The van der Waals surface area contributed by atoms with E-state index >= 15 is 0 Å². The minimum Gasteiger partial charge on any atom is -0.493 e. The number of nitrogens with one attached hydrogen (secondary N) is 1. The van der Waals surface area contributed by atoms with Crippen molar-refractivity contribution in [3.63, 3.8) is 0 Å². The molecule has 1 amide bonds. The SMILES string of the molecule is COc1ccc(CCNC(=O)CCc2ccc(-c3ccccc3F)o2)cc1OC. The van der Waals surface area contributed by atoms with Gasteiger partial charge in [0.15, 0.2) is 11.5 Å². The number of benzene rings is 2. The first-order valence-corrected chi connectivity index (χ1v) is 9.42. The highest BCUT2D eigenvalue weighted by atomic mass is 19.1. The lowest BCUT2D eigenvalue weighted by molar-refractivity contribution is -0.121. The Morgan fingerprint density at radius 2 is 1.79 bits per heavy atom. The van der Waals surface area contributed by atoms with Gasteiger partial charge >= 0.3 is 0 Å². The Balaban J connectivity index is 1.46. The third-order valence-electron chi connectivity index (χ3n) is 4.58. The van der Waals surface area contributed by atoms with Crippen LogP contribution in [0, 0.1) is 5.82 Å². The second kappa shape index (κ2) is 9.78. The van der Waals surface area contributed by atoms with E-state index < -0.39 is 0 Å². The number of rotatable bonds is 9. The lowest BCUT2D eigenvalue weighted by Crippen LogP contribution is -2.25. The number of methoxy groups -OCH3 is 2. The van der Waals surface area contributed by atoms with Gasteiger partial charge in [-0.1, -0.05) is 18.2 Å². The lowest BCUT2D eigenvalue weighted by atomic mass is 10.1. The maximum atomic E-state index is 13.8. The average Bonchev–Trinajstić information content (AvgIpc) is 3.21. The van der Waals surface area contributed by atoms with E-state index in [1.807, 2.05) is 18.2 Å². The Hall–Kier alpha value is -3.28. The molecule has 3 aromatic rings. The number of hydrogen-bond acceptors (Lipinski definition) is 4. The quantitative estimate of drug-likeness (QED) is 0.582. The molecule has 29 heavy (non-hydrogen) atoms. The van der Waals surface area contributed by atoms with Gasteiger partial charge in [0.1, 0.15) is 17.3 Å². The van der Waals surface area contributed by atoms with E-state index in [1.165, 1.54) is 6.07 Å². The second-order valence-corrected chi connectivity index (χ2v) is 6.54. The standard InChI is InChI=1S/C23H24FNO4/c1-27-21-10-7-16(15-22(21)28-2)13-14-25-23(26)12-9-17-8-11-20(29-17)18-5-3-4-6-19(18)24/h3-8,10-11,15H,9,12-14H2,1-2H3,(H,25,26). The van der Waals surface area contributed by atoms with Crippen LogP contribution >= 0.6 is 0 Å². The van der Waals surface area contributed by atoms with Gasteiger partial charge in [-0.15, -0.1) is 0 Å². The number of carbonyl (C=O) groups is 1. The van der Waals surface area contributed by atoms with Gasteiger partial charge in [-0.05, 0) is 48.4 Å². The van der Waals surface area contributed by atoms with Gasteiger partial charge in [0.25, 0.3) is 0 Å². The Morgan fingerprint density at radius 1 is 1.00 bits per heavy atom. The Labute approximate surface area is 169 Å². The minimum atomic E-state index is -0.332. The molecule has 0 bridgehead atoms. The summed E-state index contributed by atoms with van der Waals surface area (Å²) in [7, 11) is 3.19. The molecule has 0 atom stereocenters. The second-order valence-electron chi connectivity index (χ2n) is 6.54. The number of aryl methyl sites for hydroxylation is 1. The van der Waals surface area contributed by atoms with Crippen molar-refractivity contribution >= 4 is 5.91 Å². The molecule has 3 rings (SSSR count). The first kappa shape index (κ1) is 20.5. The monoisotopic (exact) mass is 397 g/mol. The van der Waals surface area contributed by atoms with Crippen LogP contribution in [0.5, 0.6) is 11.5 Å². The normalized spacial score (nSPS) is 10.6. The molecule has 0 aliphatic rings. The van der Waals surface area contributed by atoms with E-state index in [1.54, 1.807) is 44.6 Å². The molecule has 0 aliphatic heterocycles. The number of furan rings is 1. The van der Waals surface area contributed by atoms with Gasteiger partial charge in [-0.3, -0.25) is 4.79 Å². The van der Waals surface area contributed by atoms with Gasteiger partial charge < -0.3 is 19.2 Å². The summed E-state index contributed by atoms with van der Waals surface area (Å²) in [5.41, 5.74) is 1.46. The number of ether oxygens (including phenoxy) is 2. The fourth-order valence-corrected chi connectivity index (χ4v) is 3.03. The smallest absolute Gasteiger partial charge is 0.220 e. The highest BCUT2D eigenvalue weighted by Gasteiger charge is 2.11. The van der Waals surface area contributed by atoms with E-state index in [9.17, 15) is 9.18 Å². The Morgan fingerprint density at radius 3 is 2.55 bits per heavy atom. The van der Waals surface area contributed by atoms with Crippen LogP contribution in [0.15, 0.2) is 59.0 Å². The molecule has 152 valence electrons. The minimum absolute atomic E-state index is 0.0608. The van der Waals surface area contributed by atoms with E-state index in [0.29, 0.717) is 54.4 Å². The molecule has 1 heterocycles. The zero-order valence-electron chi connectivity index (χ0n) is 16.5. The summed E-state index contributed by atoms with van der Waals surface area (Å²) < 4.78 is 30.0. The molecule has 0 radical (unpaired) electrons. The molecule has 6 heteroatoms. The van der Waals surface area contributed by atoms with Crippen molar-refractivity contribution in [3.05, 3.63) is 71.7 Å². The molecule has 0 fully saturated rings. The molecule has 0 saturated carbocycles. The molecule has 5 nitrogen and oxygen atoms in total. The summed E-state index contributed by atoms with van der Waals surface area (Å²) in [6.45, 7) is 0.521. The van der Waals surface area contributed by atoms with Crippen LogP contribution in [0.25, 0.3) is 11.3 Å². The highest BCUT2D eigenvalue weighted by molar-refractivity contribution is 5.76. The molecular formula is C23H24FNO4. The van der Waals surface area contributed by atoms with Crippen LogP contribution in [0.2, 0.25) is 0 Å². The van der Waals surface area contributed by atoms with Crippen LogP contribution in [-0.4, -0.2) is 26.7 Å². The molecule has 0 unspecified atom stereocenters. The van der Waals surface area contributed by atoms with E-state index in [-0.39, 0.29) is 11.7 Å². The number of halogens is 1. The molecule has 2 aromatic carbocycles. The first-order chi connectivity index (χ1) is 14.1. The van der Waals surface area contributed by atoms with Crippen molar-refractivity contribution in [2.45, 2.75) is 19.3 Å². The van der Waals surface area contributed by atoms with Crippen molar-refractivity contribution in [1.29, 1.82) is 0 Å². The van der Waals surface area contributed by atoms with Gasteiger partial charge in [0.05, 0.1) is 19.8 Å². The van der Waals surface area contributed by atoms with Crippen molar-refractivity contribution in [2.24, 2.45) is 0 Å². The van der Waals surface area contributed by atoms with Gasteiger partial charge in [0, 0.05) is 19.4 Å². The maximum absolute atomic E-state index is 13.8. The summed E-state index contributed by atoms with van der Waals surface area (Å²) in [6.07, 6.45) is 1.44. The predicted molar refractivity (Wildman–Crippen MR) is 109 cm³/mol. The van der Waals surface area contributed by atoms with Gasteiger partial charge in [0.2, 0.25) is 5.91 Å². The molecule has 1 N–H and O–H groups in total. The summed E-state index contributed by atoms with van der Waals surface area (Å²) >= 11 is 0. The topological polar surface area (TPSA) is 60.7 Å². The van der Waals surface area contributed by atoms with Crippen molar-refractivity contribution in [3.8, 4) is 22.8 Å². The van der Waals surface area contributed by atoms with Crippen molar-refractivity contribution in [1.82, 2.24) is 5.32 Å². The Kier molecular flexibility index (Phi) is 6.89. The van der Waals surface area contributed by atoms with Crippen LogP contribution in [0.1, 0.15) is 17.7 Å². The third kappa shape index (κ3) is 5.38. The molecule has 0 saturated heterocycles. The summed E-state index contributed by atoms with van der Waals surface area (Å²) in [4.78, 5) is 12.1. The van der Waals surface area contributed by atoms with Crippen LogP contribution in [0.4, 0.5) is 4.39 Å². The van der Waals surface area contributed by atoms with E-state index in [4.69, 9.17) is 13.9 Å². The van der Waals surface area contributed by atoms with Gasteiger partial charge in [-0.25, -0.2) is 4.39 Å². The molecule has 1 aromatic heterocycles. The van der Waals surface area contributed by atoms with Crippen LogP contribution in [-0.2, 0) is 17.6 Å². The molecule has 0 aliphatic carbocycles.